The van der Waals surface area contributed by atoms with Crippen molar-refractivity contribution in [2.45, 2.75) is 26.3 Å². The van der Waals surface area contributed by atoms with E-state index in [2.05, 4.69) is 4.98 Å². The topological polar surface area (TPSA) is 34.9 Å². The van der Waals surface area contributed by atoms with Gasteiger partial charge in [-0.15, -0.1) is 0 Å². The van der Waals surface area contributed by atoms with Gasteiger partial charge in [-0.05, 0) is 18.6 Å². The molecule has 0 bridgehead atoms. The van der Waals surface area contributed by atoms with Crippen LogP contribution in [0.5, 0.6) is 0 Å². The maximum atomic E-state index is 13.5. The van der Waals surface area contributed by atoms with Crippen molar-refractivity contribution < 1.29 is 13.6 Å². The highest BCUT2D eigenvalue weighted by atomic mass is 19.1. The first kappa shape index (κ1) is 13.4. The molecule has 19 heavy (non-hydrogen) atoms. The summed E-state index contributed by atoms with van der Waals surface area (Å²) in [5.74, 6) is -1.56. The number of carbonyl (C=O) groups excluding carboxylic acids is 1. The SMILES string of the molecule is CCCn1ccnc1C(=O)Cc1c(F)cccc1F. The summed E-state index contributed by atoms with van der Waals surface area (Å²) >= 11 is 0. The highest BCUT2D eigenvalue weighted by molar-refractivity contribution is 5.94. The summed E-state index contributed by atoms with van der Waals surface area (Å²) in [6.45, 7) is 2.63. The molecule has 2 rings (SSSR count). The molecule has 0 amide bonds. The number of hydrogen-bond donors (Lipinski definition) is 0. The lowest BCUT2D eigenvalue weighted by molar-refractivity contribution is 0.0976. The number of halogens is 2. The summed E-state index contributed by atoms with van der Waals surface area (Å²) in [6.07, 6.45) is 3.74. The van der Waals surface area contributed by atoms with Gasteiger partial charge in [-0.1, -0.05) is 13.0 Å². The maximum absolute atomic E-state index is 13.5. The fourth-order valence-electron chi connectivity index (χ4n) is 1.92. The van der Waals surface area contributed by atoms with Gasteiger partial charge in [-0.2, -0.15) is 0 Å². The molecule has 0 aliphatic carbocycles. The van der Waals surface area contributed by atoms with Gasteiger partial charge >= 0.3 is 0 Å². The highest BCUT2D eigenvalue weighted by Gasteiger charge is 2.17. The van der Waals surface area contributed by atoms with Gasteiger partial charge in [0.25, 0.3) is 0 Å². The molecule has 0 aliphatic rings. The molecule has 0 aliphatic heterocycles. The van der Waals surface area contributed by atoms with Crippen LogP contribution >= 0.6 is 0 Å². The van der Waals surface area contributed by atoms with Gasteiger partial charge in [-0.3, -0.25) is 4.79 Å². The van der Waals surface area contributed by atoms with E-state index in [1.165, 1.54) is 12.3 Å². The van der Waals surface area contributed by atoms with E-state index in [4.69, 9.17) is 0 Å². The summed E-state index contributed by atoms with van der Waals surface area (Å²) < 4.78 is 28.7. The summed E-state index contributed by atoms with van der Waals surface area (Å²) in [5, 5.41) is 0. The molecule has 0 saturated carbocycles. The second-order valence-corrected chi connectivity index (χ2v) is 4.24. The van der Waals surface area contributed by atoms with Crippen molar-refractivity contribution in [3.8, 4) is 0 Å². The molecule has 1 aromatic heterocycles. The van der Waals surface area contributed by atoms with E-state index in [1.54, 1.807) is 10.8 Å². The number of aryl methyl sites for hydroxylation is 1. The van der Waals surface area contributed by atoms with Crippen molar-refractivity contribution in [1.82, 2.24) is 9.55 Å². The van der Waals surface area contributed by atoms with Crippen molar-refractivity contribution >= 4 is 5.78 Å². The molecule has 3 nitrogen and oxygen atoms in total. The van der Waals surface area contributed by atoms with Crippen LogP contribution in [-0.4, -0.2) is 15.3 Å². The van der Waals surface area contributed by atoms with Crippen LogP contribution in [0.4, 0.5) is 8.78 Å². The Morgan fingerprint density at radius 2 is 2.00 bits per heavy atom. The first-order chi connectivity index (χ1) is 9.13. The molecule has 0 atom stereocenters. The molecule has 1 aromatic carbocycles. The molecule has 0 saturated heterocycles. The second-order valence-electron chi connectivity index (χ2n) is 4.24. The van der Waals surface area contributed by atoms with Crippen LogP contribution in [0, 0.1) is 11.6 Å². The third-order valence-corrected chi connectivity index (χ3v) is 2.83. The van der Waals surface area contributed by atoms with E-state index in [-0.39, 0.29) is 23.6 Å². The van der Waals surface area contributed by atoms with Gasteiger partial charge in [0.05, 0.1) is 0 Å². The Kier molecular flexibility index (Phi) is 4.04. The monoisotopic (exact) mass is 264 g/mol. The number of benzene rings is 1. The number of aromatic nitrogens is 2. The van der Waals surface area contributed by atoms with E-state index >= 15 is 0 Å². The van der Waals surface area contributed by atoms with Crippen LogP contribution in [0.15, 0.2) is 30.6 Å². The molecule has 0 radical (unpaired) electrons. The predicted molar refractivity (Wildman–Crippen MR) is 66.9 cm³/mol. The Labute approximate surface area is 109 Å². The van der Waals surface area contributed by atoms with E-state index in [0.29, 0.717) is 6.54 Å². The molecule has 0 N–H and O–H groups in total. The van der Waals surface area contributed by atoms with Gasteiger partial charge < -0.3 is 4.57 Å². The smallest absolute Gasteiger partial charge is 0.202 e. The Morgan fingerprint density at radius 1 is 1.32 bits per heavy atom. The summed E-state index contributed by atoms with van der Waals surface area (Å²) in [7, 11) is 0. The van der Waals surface area contributed by atoms with Crippen LogP contribution in [0.2, 0.25) is 0 Å². The van der Waals surface area contributed by atoms with E-state index in [9.17, 15) is 13.6 Å². The second kappa shape index (κ2) is 5.73. The molecule has 2 aromatic rings. The molecule has 1 heterocycles. The summed E-state index contributed by atoms with van der Waals surface area (Å²) in [6, 6.07) is 3.56. The first-order valence-corrected chi connectivity index (χ1v) is 6.10. The zero-order chi connectivity index (χ0) is 13.8. The number of imidazole rings is 1. The Hall–Kier alpha value is -2.04. The Morgan fingerprint density at radius 3 is 2.63 bits per heavy atom. The standard InChI is InChI=1S/C14H14F2N2O/c1-2-7-18-8-6-17-14(18)13(19)9-10-11(15)4-3-5-12(10)16/h3-6,8H,2,7,9H2,1H3. The minimum absolute atomic E-state index is 0.210. The molecule has 0 fully saturated rings. The average molecular weight is 264 g/mol. The lowest BCUT2D eigenvalue weighted by Crippen LogP contribution is -2.14. The van der Waals surface area contributed by atoms with Crippen molar-refractivity contribution in [3.05, 3.63) is 53.6 Å². The largest absolute Gasteiger partial charge is 0.329 e. The predicted octanol–water partition coefficient (Wildman–Crippen LogP) is 3.00. The van der Waals surface area contributed by atoms with Crippen LogP contribution in [0.1, 0.15) is 29.5 Å². The van der Waals surface area contributed by atoms with Gasteiger partial charge in [0.2, 0.25) is 5.78 Å². The number of hydrogen-bond acceptors (Lipinski definition) is 2. The van der Waals surface area contributed by atoms with Crippen molar-refractivity contribution in [2.24, 2.45) is 0 Å². The summed E-state index contributed by atoms with van der Waals surface area (Å²) in [5.41, 5.74) is -0.210. The number of carbonyl (C=O) groups is 1. The van der Waals surface area contributed by atoms with Gasteiger partial charge in [0.15, 0.2) is 5.82 Å². The summed E-state index contributed by atoms with van der Waals surface area (Å²) in [4.78, 5) is 16.0. The van der Waals surface area contributed by atoms with Crippen molar-refractivity contribution in [2.75, 3.05) is 0 Å². The molecular formula is C14H14F2N2O. The maximum Gasteiger partial charge on any atom is 0.202 e. The average Bonchev–Trinajstić information content (AvgIpc) is 2.83. The normalized spacial score (nSPS) is 10.7. The number of ketones is 1. The van der Waals surface area contributed by atoms with Crippen LogP contribution in [0.25, 0.3) is 0 Å². The van der Waals surface area contributed by atoms with Crippen LogP contribution in [-0.2, 0) is 13.0 Å². The van der Waals surface area contributed by atoms with E-state index in [1.807, 2.05) is 6.92 Å². The lowest BCUT2D eigenvalue weighted by atomic mass is 10.1. The third kappa shape index (κ3) is 2.86. The van der Waals surface area contributed by atoms with E-state index < -0.39 is 11.6 Å². The van der Waals surface area contributed by atoms with Crippen LogP contribution < -0.4 is 0 Å². The Balaban J connectivity index is 2.24. The minimum Gasteiger partial charge on any atom is -0.329 e. The van der Waals surface area contributed by atoms with Gasteiger partial charge in [0.1, 0.15) is 11.6 Å². The van der Waals surface area contributed by atoms with Gasteiger partial charge in [-0.25, -0.2) is 13.8 Å². The van der Waals surface area contributed by atoms with Crippen molar-refractivity contribution in [3.63, 3.8) is 0 Å². The van der Waals surface area contributed by atoms with Gasteiger partial charge in [0, 0.05) is 30.9 Å². The third-order valence-electron chi connectivity index (χ3n) is 2.83. The van der Waals surface area contributed by atoms with E-state index in [0.717, 1.165) is 18.6 Å². The molecule has 100 valence electrons. The number of rotatable bonds is 5. The first-order valence-electron chi connectivity index (χ1n) is 6.10. The fourth-order valence-corrected chi connectivity index (χ4v) is 1.92. The lowest BCUT2D eigenvalue weighted by Gasteiger charge is -2.06. The number of Topliss-reactive ketones (excluding diaryl/α,β-unsaturated/α-hetero) is 1. The quantitative estimate of drug-likeness (QED) is 0.778. The molecule has 5 heteroatoms. The van der Waals surface area contributed by atoms with Crippen LogP contribution in [0.3, 0.4) is 0 Å². The fraction of sp³-hybridized carbons (Fsp3) is 0.286. The number of nitrogens with zero attached hydrogens (tertiary/aromatic N) is 2. The Bertz CT molecular complexity index is 573. The highest BCUT2D eigenvalue weighted by Crippen LogP contribution is 2.15. The minimum atomic E-state index is -0.707. The zero-order valence-electron chi connectivity index (χ0n) is 10.6. The molecule has 0 spiro atoms. The molecule has 0 unspecified atom stereocenters. The molecular weight excluding hydrogens is 250 g/mol. The van der Waals surface area contributed by atoms with Crippen molar-refractivity contribution in [1.29, 1.82) is 0 Å². The zero-order valence-corrected chi connectivity index (χ0v) is 10.6.